The van der Waals surface area contributed by atoms with Gasteiger partial charge in [0, 0.05) is 19.6 Å². The van der Waals surface area contributed by atoms with Gasteiger partial charge in [-0.25, -0.2) is 0 Å². The summed E-state index contributed by atoms with van der Waals surface area (Å²) >= 11 is 0. The number of nitrogens with one attached hydrogen (secondary N) is 1. The molecule has 1 saturated heterocycles. The van der Waals surface area contributed by atoms with Gasteiger partial charge in [0.15, 0.2) is 0 Å². The zero-order valence-electron chi connectivity index (χ0n) is 12.1. The first-order chi connectivity index (χ1) is 9.67. The molecule has 1 aliphatic heterocycles. The van der Waals surface area contributed by atoms with Crippen LogP contribution in [0.5, 0.6) is 5.75 Å². The molecule has 1 aliphatic rings. The molecule has 1 aromatic rings. The Balaban J connectivity index is 1.74. The number of methoxy groups -OCH3 is 1. The van der Waals surface area contributed by atoms with Crippen molar-refractivity contribution in [1.82, 2.24) is 10.2 Å². The predicted molar refractivity (Wildman–Crippen MR) is 76.9 cm³/mol. The van der Waals surface area contributed by atoms with Gasteiger partial charge in [-0.15, -0.1) is 0 Å². The molecular weight excluding hydrogens is 256 g/mol. The van der Waals surface area contributed by atoms with Gasteiger partial charge in [0.05, 0.1) is 26.2 Å². The summed E-state index contributed by atoms with van der Waals surface area (Å²) in [5, 5.41) is 2.93. The first-order valence-corrected chi connectivity index (χ1v) is 6.87. The van der Waals surface area contributed by atoms with Gasteiger partial charge < -0.3 is 19.7 Å². The molecule has 1 unspecified atom stereocenters. The minimum atomic E-state index is 0.0204. The number of morpholine rings is 1. The van der Waals surface area contributed by atoms with Crippen molar-refractivity contribution in [2.75, 3.05) is 40.4 Å². The third kappa shape index (κ3) is 4.51. The lowest BCUT2D eigenvalue weighted by Gasteiger charge is -2.30. The molecule has 1 atom stereocenters. The maximum atomic E-state index is 11.9. The van der Waals surface area contributed by atoms with Gasteiger partial charge >= 0.3 is 0 Å². The van der Waals surface area contributed by atoms with E-state index in [2.05, 4.69) is 17.3 Å². The molecule has 1 amide bonds. The van der Waals surface area contributed by atoms with E-state index in [1.54, 1.807) is 7.11 Å². The predicted octanol–water partition coefficient (Wildman–Crippen LogP) is 0.685. The van der Waals surface area contributed by atoms with Crippen LogP contribution in [0, 0.1) is 0 Å². The number of likely N-dealkylation sites (N-methyl/N-ethyl adjacent to an activating group) is 1. The highest BCUT2D eigenvalue weighted by atomic mass is 16.5. The molecule has 2 rings (SSSR count). The minimum absolute atomic E-state index is 0.0204. The summed E-state index contributed by atoms with van der Waals surface area (Å²) in [6, 6.07) is 7.54. The third-order valence-corrected chi connectivity index (χ3v) is 3.39. The Bertz CT molecular complexity index is 433. The molecular formula is C15H22N2O3. The fourth-order valence-electron chi connectivity index (χ4n) is 2.21. The lowest BCUT2D eigenvalue weighted by atomic mass is 10.1. The number of carbonyl (C=O) groups excluding carboxylic acids is 1. The summed E-state index contributed by atoms with van der Waals surface area (Å²) in [5.41, 5.74) is 0.977. The SMILES string of the molecule is COc1ccc(CC(=O)NCC2CN(C)CCO2)cc1. The maximum absolute atomic E-state index is 11.9. The normalized spacial score (nSPS) is 19.6. The van der Waals surface area contributed by atoms with Crippen LogP contribution in [0.2, 0.25) is 0 Å². The second-order valence-electron chi connectivity index (χ2n) is 5.08. The molecule has 0 saturated carbocycles. The van der Waals surface area contributed by atoms with Crippen LogP contribution < -0.4 is 10.1 Å². The summed E-state index contributed by atoms with van der Waals surface area (Å²) < 4.78 is 10.7. The van der Waals surface area contributed by atoms with Crippen molar-refractivity contribution < 1.29 is 14.3 Å². The number of hydrogen-bond donors (Lipinski definition) is 1. The molecule has 1 heterocycles. The molecule has 0 aromatic heterocycles. The van der Waals surface area contributed by atoms with Gasteiger partial charge in [0.2, 0.25) is 5.91 Å². The topological polar surface area (TPSA) is 50.8 Å². The molecule has 0 aliphatic carbocycles. The number of rotatable bonds is 5. The van der Waals surface area contributed by atoms with Crippen LogP contribution >= 0.6 is 0 Å². The van der Waals surface area contributed by atoms with Crippen LogP contribution in [0.25, 0.3) is 0 Å². The minimum Gasteiger partial charge on any atom is -0.497 e. The molecule has 0 spiro atoms. The Morgan fingerprint density at radius 2 is 2.20 bits per heavy atom. The van der Waals surface area contributed by atoms with Crippen molar-refractivity contribution in [3.63, 3.8) is 0 Å². The maximum Gasteiger partial charge on any atom is 0.224 e. The van der Waals surface area contributed by atoms with Crippen LogP contribution in [-0.2, 0) is 16.0 Å². The Kier molecular flexibility index (Phi) is 5.38. The number of carbonyl (C=O) groups is 1. The van der Waals surface area contributed by atoms with Crippen LogP contribution in [0.3, 0.4) is 0 Å². The number of nitrogens with zero attached hydrogens (tertiary/aromatic N) is 1. The highest BCUT2D eigenvalue weighted by Gasteiger charge is 2.18. The van der Waals surface area contributed by atoms with E-state index in [0.29, 0.717) is 13.0 Å². The summed E-state index contributed by atoms with van der Waals surface area (Å²) in [4.78, 5) is 14.1. The molecule has 0 bridgehead atoms. The monoisotopic (exact) mass is 278 g/mol. The summed E-state index contributed by atoms with van der Waals surface area (Å²) in [7, 11) is 3.69. The summed E-state index contributed by atoms with van der Waals surface area (Å²) in [6.45, 7) is 3.12. The quantitative estimate of drug-likeness (QED) is 0.861. The molecule has 20 heavy (non-hydrogen) atoms. The smallest absolute Gasteiger partial charge is 0.224 e. The van der Waals surface area contributed by atoms with Gasteiger partial charge in [-0.1, -0.05) is 12.1 Å². The molecule has 1 aromatic carbocycles. The second-order valence-corrected chi connectivity index (χ2v) is 5.08. The van der Waals surface area contributed by atoms with Crippen molar-refractivity contribution in [3.8, 4) is 5.75 Å². The Morgan fingerprint density at radius 1 is 1.45 bits per heavy atom. The molecule has 5 nitrogen and oxygen atoms in total. The van der Waals surface area contributed by atoms with Crippen LogP contribution in [-0.4, -0.2) is 57.3 Å². The molecule has 110 valence electrons. The van der Waals surface area contributed by atoms with Gasteiger partial charge in [0.25, 0.3) is 0 Å². The first-order valence-electron chi connectivity index (χ1n) is 6.87. The van der Waals surface area contributed by atoms with E-state index in [1.807, 2.05) is 24.3 Å². The third-order valence-electron chi connectivity index (χ3n) is 3.39. The van der Waals surface area contributed by atoms with Crippen molar-refractivity contribution >= 4 is 5.91 Å². The van der Waals surface area contributed by atoms with Crippen LogP contribution in [0.1, 0.15) is 5.56 Å². The van der Waals surface area contributed by atoms with Crippen LogP contribution in [0.15, 0.2) is 24.3 Å². The van der Waals surface area contributed by atoms with E-state index in [0.717, 1.165) is 31.0 Å². The number of hydrogen-bond acceptors (Lipinski definition) is 4. The van der Waals surface area contributed by atoms with Crippen molar-refractivity contribution in [2.45, 2.75) is 12.5 Å². The largest absolute Gasteiger partial charge is 0.497 e. The zero-order valence-corrected chi connectivity index (χ0v) is 12.1. The molecule has 5 heteroatoms. The fraction of sp³-hybridized carbons (Fsp3) is 0.533. The molecule has 1 fully saturated rings. The number of amides is 1. The first kappa shape index (κ1) is 14.8. The highest BCUT2D eigenvalue weighted by Crippen LogP contribution is 2.11. The number of ether oxygens (including phenoxy) is 2. The lowest BCUT2D eigenvalue weighted by Crippen LogP contribution is -2.46. The van der Waals surface area contributed by atoms with E-state index in [1.165, 1.54) is 0 Å². The Hall–Kier alpha value is -1.59. The molecule has 0 radical (unpaired) electrons. The average Bonchev–Trinajstić information content (AvgIpc) is 2.46. The second kappa shape index (κ2) is 7.26. The zero-order chi connectivity index (χ0) is 14.4. The molecule has 1 N–H and O–H groups in total. The van der Waals surface area contributed by atoms with Gasteiger partial charge in [-0.3, -0.25) is 4.79 Å². The summed E-state index contributed by atoms with van der Waals surface area (Å²) in [5.74, 6) is 0.819. The van der Waals surface area contributed by atoms with Gasteiger partial charge in [-0.2, -0.15) is 0 Å². The van der Waals surface area contributed by atoms with E-state index in [4.69, 9.17) is 9.47 Å². The average molecular weight is 278 g/mol. The van der Waals surface area contributed by atoms with Crippen LogP contribution in [0.4, 0.5) is 0 Å². The summed E-state index contributed by atoms with van der Waals surface area (Å²) in [6.07, 6.45) is 0.473. The van der Waals surface area contributed by atoms with Crippen molar-refractivity contribution in [3.05, 3.63) is 29.8 Å². The number of benzene rings is 1. The standard InChI is InChI=1S/C15H22N2O3/c1-17-7-8-20-14(11-17)10-16-15(18)9-12-3-5-13(19-2)6-4-12/h3-6,14H,7-11H2,1-2H3,(H,16,18). The fourth-order valence-corrected chi connectivity index (χ4v) is 2.21. The van der Waals surface area contributed by atoms with E-state index in [9.17, 15) is 4.79 Å². The Labute approximate surface area is 119 Å². The van der Waals surface area contributed by atoms with E-state index >= 15 is 0 Å². The van der Waals surface area contributed by atoms with Gasteiger partial charge in [0.1, 0.15) is 5.75 Å². The highest BCUT2D eigenvalue weighted by molar-refractivity contribution is 5.78. The van der Waals surface area contributed by atoms with E-state index in [-0.39, 0.29) is 12.0 Å². The van der Waals surface area contributed by atoms with Gasteiger partial charge in [-0.05, 0) is 24.7 Å². The van der Waals surface area contributed by atoms with Crippen molar-refractivity contribution in [2.24, 2.45) is 0 Å². The Morgan fingerprint density at radius 3 is 2.85 bits per heavy atom. The lowest BCUT2D eigenvalue weighted by molar-refractivity contribution is -0.121. The van der Waals surface area contributed by atoms with Crippen molar-refractivity contribution in [1.29, 1.82) is 0 Å². The van der Waals surface area contributed by atoms with E-state index < -0.39 is 0 Å².